The van der Waals surface area contributed by atoms with E-state index < -0.39 is 17.7 Å². The highest BCUT2D eigenvalue weighted by Crippen LogP contribution is 2.47. The highest BCUT2D eigenvalue weighted by molar-refractivity contribution is 6.30. The van der Waals surface area contributed by atoms with Crippen LogP contribution in [0.15, 0.2) is 66.8 Å². The van der Waals surface area contributed by atoms with Crippen LogP contribution >= 0.6 is 11.6 Å². The number of benzene rings is 2. The van der Waals surface area contributed by atoms with Gasteiger partial charge in [-0.1, -0.05) is 35.9 Å². The maximum Gasteiger partial charge on any atom is 0.419 e. The van der Waals surface area contributed by atoms with Crippen LogP contribution in [0.25, 0.3) is 0 Å². The van der Waals surface area contributed by atoms with Gasteiger partial charge in [0.1, 0.15) is 5.75 Å². The van der Waals surface area contributed by atoms with E-state index in [9.17, 15) is 22.8 Å². The molecule has 1 aliphatic rings. The Labute approximate surface area is 188 Å². The van der Waals surface area contributed by atoms with Gasteiger partial charge in [-0.2, -0.15) is 13.2 Å². The molecule has 1 atom stereocenters. The quantitative estimate of drug-likeness (QED) is 0.451. The zero-order valence-corrected chi connectivity index (χ0v) is 18.0. The van der Waals surface area contributed by atoms with Crippen molar-refractivity contribution in [3.8, 4) is 5.75 Å². The van der Waals surface area contributed by atoms with Crippen LogP contribution in [0.3, 0.4) is 0 Å². The van der Waals surface area contributed by atoms with Crippen LogP contribution in [0.1, 0.15) is 18.1 Å². The minimum atomic E-state index is -4.88. The molecular weight excluding hydrogens is 445 g/mol. The van der Waals surface area contributed by atoms with E-state index in [1.165, 1.54) is 43.2 Å². The molecule has 2 amide bonds. The number of allylic oxidation sites excluding steroid dienone is 3. The van der Waals surface area contributed by atoms with Crippen molar-refractivity contribution in [3.63, 3.8) is 0 Å². The van der Waals surface area contributed by atoms with E-state index in [0.717, 1.165) is 18.2 Å². The summed E-state index contributed by atoms with van der Waals surface area (Å²) in [6, 6.07) is 9.92. The number of ether oxygens (including phenoxy) is 1. The van der Waals surface area contributed by atoms with Crippen molar-refractivity contribution >= 4 is 29.1 Å². The summed E-state index contributed by atoms with van der Waals surface area (Å²) in [7, 11) is 1.52. The number of ketones is 1. The molecule has 1 heterocycles. The monoisotopic (exact) mass is 464 g/mol. The number of carbonyl (C=O) groups excluding carboxylic acids is 2. The number of methoxy groups -OCH3 is 1. The van der Waals surface area contributed by atoms with Crippen LogP contribution in [0, 0.1) is 0 Å². The molecular formula is C23H20ClF3N2O3. The molecule has 0 aromatic heterocycles. The molecule has 0 fully saturated rings. The van der Waals surface area contributed by atoms with Crippen LogP contribution in [-0.4, -0.2) is 25.1 Å². The van der Waals surface area contributed by atoms with Gasteiger partial charge in [0.25, 0.3) is 0 Å². The molecule has 168 valence electrons. The summed E-state index contributed by atoms with van der Waals surface area (Å²) in [6.45, 7) is 1.31. The molecule has 0 bridgehead atoms. The van der Waals surface area contributed by atoms with E-state index >= 15 is 0 Å². The average Bonchev–Trinajstić information content (AvgIpc) is 2.73. The highest BCUT2D eigenvalue weighted by atomic mass is 35.5. The van der Waals surface area contributed by atoms with Gasteiger partial charge in [-0.05, 0) is 55.0 Å². The molecule has 0 saturated heterocycles. The third-order valence-corrected chi connectivity index (χ3v) is 5.19. The second kappa shape index (κ2) is 9.08. The number of rotatable bonds is 6. The van der Waals surface area contributed by atoms with Gasteiger partial charge >= 0.3 is 12.2 Å². The van der Waals surface area contributed by atoms with E-state index in [-0.39, 0.29) is 28.6 Å². The number of alkyl halides is 3. The number of urea groups is 1. The predicted octanol–water partition coefficient (Wildman–Crippen LogP) is 5.54. The third kappa shape index (κ3) is 4.65. The summed E-state index contributed by atoms with van der Waals surface area (Å²) in [6.07, 6.45) is -0.673. The smallest absolute Gasteiger partial charge is 0.419 e. The predicted molar refractivity (Wildman–Crippen MR) is 116 cm³/mol. The largest absolute Gasteiger partial charge is 0.497 e. The summed E-state index contributed by atoms with van der Waals surface area (Å²) in [4.78, 5) is 25.2. The summed E-state index contributed by atoms with van der Waals surface area (Å²) in [5.41, 5.74) is -2.27. The molecule has 1 aliphatic heterocycles. The van der Waals surface area contributed by atoms with Crippen molar-refractivity contribution in [1.29, 1.82) is 0 Å². The number of carbonyl (C=O) groups is 2. The van der Waals surface area contributed by atoms with Gasteiger partial charge in [0.2, 0.25) is 0 Å². The Morgan fingerprint density at radius 3 is 2.47 bits per heavy atom. The van der Waals surface area contributed by atoms with E-state index in [1.807, 2.05) is 0 Å². The Morgan fingerprint density at radius 2 is 1.88 bits per heavy atom. The van der Waals surface area contributed by atoms with E-state index in [4.69, 9.17) is 16.3 Å². The van der Waals surface area contributed by atoms with Gasteiger partial charge in [0.05, 0.1) is 19.3 Å². The van der Waals surface area contributed by atoms with E-state index in [2.05, 4.69) is 5.32 Å². The van der Waals surface area contributed by atoms with Gasteiger partial charge in [0, 0.05) is 10.6 Å². The molecule has 0 spiro atoms. The number of anilines is 1. The van der Waals surface area contributed by atoms with Crippen LogP contribution < -0.4 is 15.0 Å². The van der Waals surface area contributed by atoms with Crippen LogP contribution in [0.2, 0.25) is 5.02 Å². The van der Waals surface area contributed by atoms with Crippen LogP contribution in [-0.2, 0) is 16.9 Å². The summed E-state index contributed by atoms with van der Waals surface area (Å²) in [5, 5.41) is 2.20. The Morgan fingerprint density at radius 1 is 1.19 bits per heavy atom. The molecule has 2 aromatic carbocycles. The van der Waals surface area contributed by atoms with E-state index in [1.54, 1.807) is 24.3 Å². The fraction of sp³-hybridized carbons (Fsp3) is 0.217. The lowest BCUT2D eigenvalue weighted by Gasteiger charge is -2.43. The van der Waals surface area contributed by atoms with Crippen molar-refractivity contribution in [2.75, 3.05) is 12.0 Å². The third-order valence-electron chi connectivity index (χ3n) is 4.96. The van der Waals surface area contributed by atoms with Gasteiger partial charge in [-0.25, -0.2) is 4.79 Å². The lowest BCUT2D eigenvalue weighted by molar-refractivity contribution is -0.182. The SMILES string of the molecule is COc1ccc(CN2C(=O)N[C@](/C=C/C=C/C(C)=O)(C(F)(F)F)c3cc(Cl)ccc32)cc1. The number of amides is 2. The molecule has 1 N–H and O–H groups in total. The zero-order valence-electron chi connectivity index (χ0n) is 17.2. The summed E-state index contributed by atoms with van der Waals surface area (Å²) in [5.74, 6) is 0.293. The van der Waals surface area contributed by atoms with Crippen molar-refractivity contribution in [2.45, 2.75) is 25.2 Å². The van der Waals surface area contributed by atoms with Crippen molar-refractivity contribution < 1.29 is 27.5 Å². The van der Waals surface area contributed by atoms with Crippen LogP contribution in [0.4, 0.5) is 23.7 Å². The first-order valence-electron chi connectivity index (χ1n) is 9.53. The number of hydrogen-bond donors (Lipinski definition) is 1. The molecule has 5 nitrogen and oxygen atoms in total. The van der Waals surface area contributed by atoms with Crippen molar-refractivity contribution in [3.05, 3.63) is 82.9 Å². The van der Waals surface area contributed by atoms with Crippen LogP contribution in [0.5, 0.6) is 5.75 Å². The maximum atomic E-state index is 14.4. The Hall–Kier alpha value is -3.26. The zero-order chi connectivity index (χ0) is 23.5. The van der Waals surface area contributed by atoms with Crippen molar-refractivity contribution in [2.24, 2.45) is 0 Å². The lowest BCUT2D eigenvalue weighted by Crippen LogP contribution is -2.61. The number of nitrogens with one attached hydrogen (secondary N) is 1. The fourth-order valence-electron chi connectivity index (χ4n) is 3.38. The number of halogens is 4. The number of fused-ring (bicyclic) bond motifs is 1. The second-order valence-electron chi connectivity index (χ2n) is 7.16. The molecule has 0 radical (unpaired) electrons. The second-order valence-corrected chi connectivity index (χ2v) is 7.60. The maximum absolute atomic E-state index is 14.4. The molecule has 0 unspecified atom stereocenters. The minimum absolute atomic E-state index is 0.0341. The van der Waals surface area contributed by atoms with E-state index in [0.29, 0.717) is 11.3 Å². The molecule has 9 heteroatoms. The van der Waals surface area contributed by atoms with Gasteiger partial charge in [0.15, 0.2) is 11.3 Å². The normalized spacial score (nSPS) is 18.7. The van der Waals surface area contributed by atoms with Gasteiger partial charge < -0.3 is 10.1 Å². The number of nitrogens with zero attached hydrogens (tertiary/aromatic N) is 1. The Kier molecular flexibility index (Phi) is 6.64. The van der Waals surface area contributed by atoms with Gasteiger partial charge in [-0.3, -0.25) is 9.69 Å². The first kappa shape index (κ1) is 23.4. The topological polar surface area (TPSA) is 58.6 Å². The number of hydrogen-bond acceptors (Lipinski definition) is 3. The summed E-state index contributed by atoms with van der Waals surface area (Å²) >= 11 is 6.04. The fourth-order valence-corrected chi connectivity index (χ4v) is 3.56. The van der Waals surface area contributed by atoms with Crippen molar-refractivity contribution in [1.82, 2.24) is 5.32 Å². The molecule has 3 rings (SSSR count). The molecule has 2 aromatic rings. The molecule has 0 aliphatic carbocycles. The Balaban J connectivity index is 2.10. The standard InChI is InChI=1S/C23H20ClF3N2O3/c1-15(30)5-3-4-12-22(23(25,26)27)19-13-17(24)8-11-20(19)29(21(31)28-22)14-16-6-9-18(32-2)10-7-16/h3-13H,14H2,1-2H3,(H,28,31)/b5-3+,12-4+/t22-/m0/s1. The highest BCUT2D eigenvalue weighted by Gasteiger charge is 2.59. The minimum Gasteiger partial charge on any atom is -0.497 e. The average molecular weight is 465 g/mol. The van der Waals surface area contributed by atoms with Gasteiger partial charge in [-0.15, -0.1) is 0 Å². The first-order chi connectivity index (χ1) is 15.1. The Bertz CT molecular complexity index is 1080. The first-order valence-corrected chi connectivity index (χ1v) is 9.91. The summed E-state index contributed by atoms with van der Waals surface area (Å²) < 4.78 is 48.2. The molecule has 32 heavy (non-hydrogen) atoms. The molecule has 0 saturated carbocycles. The lowest BCUT2D eigenvalue weighted by atomic mass is 9.85.